The first-order chi connectivity index (χ1) is 5.22. The van der Waals surface area contributed by atoms with E-state index >= 15 is 0 Å². The molecule has 64 valence electrons. The van der Waals surface area contributed by atoms with Gasteiger partial charge in [0.15, 0.2) is 5.84 Å². The van der Waals surface area contributed by atoms with Crippen LogP contribution in [0.3, 0.4) is 0 Å². The minimum atomic E-state index is 0.305. The topological polar surface area (TPSA) is 61.8 Å². The van der Waals surface area contributed by atoms with Gasteiger partial charge in [-0.2, -0.15) is 0 Å². The van der Waals surface area contributed by atoms with E-state index in [1.807, 2.05) is 0 Å². The molecule has 1 aliphatic rings. The van der Waals surface area contributed by atoms with Gasteiger partial charge >= 0.3 is 0 Å². The number of hydrogen-bond acceptors (Lipinski definition) is 3. The molecule has 0 aromatic carbocycles. The van der Waals surface area contributed by atoms with Crippen molar-refractivity contribution in [1.82, 2.24) is 4.90 Å². The summed E-state index contributed by atoms with van der Waals surface area (Å²) in [6.07, 6.45) is 1.22. The molecule has 0 radical (unpaired) electrons. The second-order valence-electron chi connectivity index (χ2n) is 3.22. The molecule has 0 aromatic heterocycles. The van der Waals surface area contributed by atoms with Crippen LogP contribution in [-0.4, -0.2) is 35.6 Å². The van der Waals surface area contributed by atoms with Crippen molar-refractivity contribution in [2.45, 2.75) is 13.3 Å². The maximum Gasteiger partial charge on any atom is 0.153 e. The lowest BCUT2D eigenvalue weighted by atomic mass is 10.2. The summed E-state index contributed by atoms with van der Waals surface area (Å²) in [6.45, 7) is 4.95. The van der Waals surface area contributed by atoms with Gasteiger partial charge in [-0.25, -0.2) is 0 Å². The Morgan fingerprint density at radius 1 is 1.82 bits per heavy atom. The number of rotatable bonds is 2. The quantitative estimate of drug-likeness (QED) is 0.258. The molecule has 0 aliphatic carbocycles. The van der Waals surface area contributed by atoms with Crippen molar-refractivity contribution in [3.05, 3.63) is 0 Å². The van der Waals surface area contributed by atoms with E-state index in [-0.39, 0.29) is 0 Å². The van der Waals surface area contributed by atoms with Gasteiger partial charge < -0.3 is 10.9 Å². The number of amidine groups is 1. The fourth-order valence-corrected chi connectivity index (χ4v) is 1.43. The summed E-state index contributed by atoms with van der Waals surface area (Å²) in [7, 11) is 0. The molecule has 4 nitrogen and oxygen atoms in total. The largest absolute Gasteiger partial charge is 0.409 e. The molecule has 3 N–H and O–H groups in total. The maximum absolute atomic E-state index is 8.30. The van der Waals surface area contributed by atoms with Crippen molar-refractivity contribution in [3.63, 3.8) is 0 Å². The predicted octanol–water partition coefficient (Wildman–Crippen LogP) is 0.0746. The van der Waals surface area contributed by atoms with E-state index in [0.717, 1.165) is 19.0 Å². The molecule has 4 heteroatoms. The Bertz CT molecular complexity index is 158. The molecular weight excluding hydrogens is 142 g/mol. The molecule has 0 amide bonds. The van der Waals surface area contributed by atoms with Crippen LogP contribution in [0.15, 0.2) is 5.16 Å². The Morgan fingerprint density at radius 2 is 2.55 bits per heavy atom. The molecule has 1 atom stereocenters. The van der Waals surface area contributed by atoms with Gasteiger partial charge in [0.05, 0.1) is 6.54 Å². The van der Waals surface area contributed by atoms with Gasteiger partial charge in [-0.1, -0.05) is 12.1 Å². The lowest BCUT2D eigenvalue weighted by Gasteiger charge is -2.12. The van der Waals surface area contributed by atoms with Crippen molar-refractivity contribution in [1.29, 1.82) is 0 Å². The number of nitrogens with zero attached hydrogens (tertiary/aromatic N) is 2. The van der Waals surface area contributed by atoms with Crippen molar-refractivity contribution in [2.75, 3.05) is 19.6 Å². The molecule has 1 rings (SSSR count). The minimum Gasteiger partial charge on any atom is -0.409 e. The highest BCUT2D eigenvalue weighted by Crippen LogP contribution is 2.13. The van der Waals surface area contributed by atoms with Crippen LogP contribution in [0.2, 0.25) is 0 Å². The molecule has 11 heavy (non-hydrogen) atoms. The molecule has 1 saturated heterocycles. The zero-order valence-electron chi connectivity index (χ0n) is 6.82. The van der Waals surface area contributed by atoms with Crippen LogP contribution in [0, 0.1) is 5.92 Å². The van der Waals surface area contributed by atoms with Crippen LogP contribution in [-0.2, 0) is 0 Å². The van der Waals surface area contributed by atoms with Crippen LogP contribution in [0.1, 0.15) is 13.3 Å². The Balaban J connectivity index is 2.28. The molecule has 0 spiro atoms. The van der Waals surface area contributed by atoms with E-state index in [9.17, 15) is 0 Å². The van der Waals surface area contributed by atoms with E-state index in [2.05, 4.69) is 17.0 Å². The number of likely N-dealkylation sites (tertiary alicyclic amines) is 1. The molecule has 1 fully saturated rings. The fourth-order valence-electron chi connectivity index (χ4n) is 1.43. The molecule has 1 heterocycles. The molecule has 0 aromatic rings. The third kappa shape index (κ3) is 2.38. The third-order valence-electron chi connectivity index (χ3n) is 2.02. The first kappa shape index (κ1) is 8.33. The Labute approximate surface area is 66.7 Å². The normalized spacial score (nSPS) is 27.7. The zero-order valence-corrected chi connectivity index (χ0v) is 6.82. The van der Waals surface area contributed by atoms with E-state index < -0.39 is 0 Å². The zero-order chi connectivity index (χ0) is 8.27. The molecule has 1 aliphatic heterocycles. The molecule has 0 saturated carbocycles. The number of oxime groups is 1. The summed E-state index contributed by atoms with van der Waals surface area (Å²) < 4.78 is 0. The summed E-state index contributed by atoms with van der Waals surface area (Å²) in [5.74, 6) is 1.06. The van der Waals surface area contributed by atoms with Crippen molar-refractivity contribution >= 4 is 5.84 Å². The number of hydrogen-bond donors (Lipinski definition) is 2. The van der Waals surface area contributed by atoms with Gasteiger partial charge in [0.1, 0.15) is 0 Å². The smallest absolute Gasteiger partial charge is 0.153 e. The Morgan fingerprint density at radius 3 is 3.00 bits per heavy atom. The Hall–Kier alpha value is -0.770. The van der Waals surface area contributed by atoms with Gasteiger partial charge in [-0.15, -0.1) is 0 Å². The van der Waals surface area contributed by atoms with Crippen LogP contribution in [0.25, 0.3) is 0 Å². The summed E-state index contributed by atoms with van der Waals surface area (Å²) in [4.78, 5) is 2.19. The Kier molecular flexibility index (Phi) is 2.70. The second kappa shape index (κ2) is 3.57. The monoisotopic (exact) mass is 157 g/mol. The second-order valence-corrected chi connectivity index (χ2v) is 3.22. The standard InChI is InChI=1S/C7H15N3O/c1-6-2-3-10(4-6)5-7(8)9-11/h6,11H,2-5H2,1H3,(H2,8,9). The number of nitrogens with two attached hydrogens (primary N) is 1. The SMILES string of the molecule is CC1CCN(CC(N)=NO)C1. The van der Waals surface area contributed by atoms with E-state index in [1.54, 1.807) is 0 Å². The van der Waals surface area contributed by atoms with Crippen LogP contribution in [0.4, 0.5) is 0 Å². The predicted molar refractivity (Wildman–Crippen MR) is 43.6 cm³/mol. The molecule has 1 unspecified atom stereocenters. The fraction of sp³-hybridized carbons (Fsp3) is 0.857. The van der Waals surface area contributed by atoms with Crippen molar-refractivity contribution in [3.8, 4) is 0 Å². The van der Waals surface area contributed by atoms with Crippen LogP contribution >= 0.6 is 0 Å². The highest BCUT2D eigenvalue weighted by molar-refractivity contribution is 5.81. The lowest BCUT2D eigenvalue weighted by molar-refractivity contribution is 0.308. The van der Waals surface area contributed by atoms with E-state index in [1.165, 1.54) is 6.42 Å². The van der Waals surface area contributed by atoms with E-state index in [4.69, 9.17) is 10.9 Å². The van der Waals surface area contributed by atoms with Gasteiger partial charge in [0.25, 0.3) is 0 Å². The highest BCUT2D eigenvalue weighted by Gasteiger charge is 2.18. The molecular formula is C7H15N3O. The minimum absolute atomic E-state index is 0.305. The summed E-state index contributed by atoms with van der Waals surface area (Å²) in [6, 6.07) is 0. The van der Waals surface area contributed by atoms with Crippen LogP contribution < -0.4 is 5.73 Å². The van der Waals surface area contributed by atoms with Gasteiger partial charge in [0.2, 0.25) is 0 Å². The average Bonchev–Trinajstić information content (AvgIpc) is 2.35. The lowest BCUT2D eigenvalue weighted by Crippen LogP contribution is -2.32. The third-order valence-corrected chi connectivity index (χ3v) is 2.02. The van der Waals surface area contributed by atoms with Gasteiger partial charge in [0, 0.05) is 6.54 Å². The van der Waals surface area contributed by atoms with Crippen LogP contribution in [0.5, 0.6) is 0 Å². The first-order valence-electron chi connectivity index (χ1n) is 3.91. The van der Waals surface area contributed by atoms with E-state index in [0.29, 0.717) is 12.4 Å². The summed E-state index contributed by atoms with van der Waals surface area (Å²) in [5.41, 5.74) is 5.36. The molecule has 0 bridgehead atoms. The first-order valence-corrected chi connectivity index (χ1v) is 3.91. The van der Waals surface area contributed by atoms with Gasteiger partial charge in [-0.3, -0.25) is 4.90 Å². The average molecular weight is 157 g/mol. The maximum atomic E-state index is 8.30. The highest BCUT2D eigenvalue weighted by atomic mass is 16.4. The van der Waals surface area contributed by atoms with Gasteiger partial charge in [-0.05, 0) is 18.9 Å². The van der Waals surface area contributed by atoms with Crippen molar-refractivity contribution < 1.29 is 5.21 Å². The summed E-state index contributed by atoms with van der Waals surface area (Å²) >= 11 is 0. The summed E-state index contributed by atoms with van der Waals surface area (Å²) in [5, 5.41) is 11.2. The van der Waals surface area contributed by atoms with Crippen molar-refractivity contribution in [2.24, 2.45) is 16.8 Å².